The highest BCUT2D eigenvalue weighted by molar-refractivity contribution is 7.97. The van der Waals surface area contributed by atoms with Crippen molar-refractivity contribution in [2.75, 3.05) is 0 Å². The van der Waals surface area contributed by atoms with Crippen molar-refractivity contribution in [1.82, 2.24) is 0 Å². The average molecular weight is 292 g/mol. The quantitative estimate of drug-likeness (QED) is 0.665. The second-order valence-electron chi connectivity index (χ2n) is 4.88. The van der Waals surface area contributed by atoms with Crippen LogP contribution in [0.2, 0.25) is 0 Å². The number of hydrogen-bond acceptors (Lipinski definition) is 1. The largest absolute Gasteiger partial charge is 0.869 e. The Kier molecular flexibility index (Phi) is 3.98. The number of aryl methyl sites for hydroxylation is 1. The second-order valence-corrected chi connectivity index (χ2v) is 6.87. The fourth-order valence-corrected chi connectivity index (χ4v) is 4.34. The van der Waals surface area contributed by atoms with Crippen molar-refractivity contribution in [2.24, 2.45) is 0 Å². The van der Waals surface area contributed by atoms with Crippen LogP contribution in [0.3, 0.4) is 0 Å². The van der Waals surface area contributed by atoms with Crippen LogP contribution in [0.4, 0.5) is 0 Å². The Morgan fingerprint density at radius 3 is 1.90 bits per heavy atom. The van der Waals surface area contributed by atoms with E-state index in [-0.39, 0.29) is 16.6 Å². The van der Waals surface area contributed by atoms with Crippen LogP contribution in [0, 0.1) is 6.92 Å². The van der Waals surface area contributed by atoms with Gasteiger partial charge in [-0.2, -0.15) is 0 Å². The standard InChI is InChI=1S/C19H16OS/c1-15-11-13-17(14-12-15)21(16-7-3-2-4-8-16)19-10-6-5-9-18(19)20/h2-14H,1H3. The molecule has 0 aliphatic heterocycles. The van der Waals surface area contributed by atoms with Crippen molar-refractivity contribution >= 4 is 10.9 Å². The van der Waals surface area contributed by atoms with Gasteiger partial charge in [-0.05, 0) is 37.3 Å². The molecule has 1 nitrogen and oxygen atoms in total. The molecule has 1 atom stereocenters. The van der Waals surface area contributed by atoms with Crippen molar-refractivity contribution < 1.29 is 5.11 Å². The summed E-state index contributed by atoms with van der Waals surface area (Å²) in [7, 11) is -0.347. The van der Waals surface area contributed by atoms with Gasteiger partial charge in [-0.1, -0.05) is 59.8 Å². The molecule has 21 heavy (non-hydrogen) atoms. The molecule has 2 heteroatoms. The molecule has 3 aromatic rings. The summed E-state index contributed by atoms with van der Waals surface area (Å²) in [6.45, 7) is 2.08. The van der Waals surface area contributed by atoms with Gasteiger partial charge in [0, 0.05) is 0 Å². The molecule has 104 valence electrons. The summed E-state index contributed by atoms with van der Waals surface area (Å²) in [5.74, 6) is 0.102. The third kappa shape index (κ3) is 2.96. The SMILES string of the molecule is Cc1ccc([S+](c2ccccc2)c2ccccc2[O-])cc1. The van der Waals surface area contributed by atoms with Gasteiger partial charge in [0.05, 0.1) is 10.9 Å². The molecule has 0 aromatic heterocycles. The Bertz CT molecular complexity index is 720. The molecular weight excluding hydrogens is 276 g/mol. The minimum atomic E-state index is -0.347. The molecule has 0 spiro atoms. The highest BCUT2D eigenvalue weighted by Gasteiger charge is 2.28. The highest BCUT2D eigenvalue weighted by atomic mass is 32.2. The summed E-state index contributed by atoms with van der Waals surface area (Å²) < 4.78 is 0. The molecule has 0 bridgehead atoms. The Labute approximate surface area is 128 Å². The van der Waals surface area contributed by atoms with Crippen LogP contribution in [-0.2, 0) is 10.9 Å². The maximum absolute atomic E-state index is 12.3. The van der Waals surface area contributed by atoms with Crippen LogP contribution < -0.4 is 5.11 Å². The van der Waals surface area contributed by atoms with E-state index in [9.17, 15) is 5.11 Å². The summed E-state index contributed by atoms with van der Waals surface area (Å²) in [6, 6.07) is 26.0. The van der Waals surface area contributed by atoms with E-state index in [1.54, 1.807) is 12.1 Å². The molecule has 0 radical (unpaired) electrons. The smallest absolute Gasteiger partial charge is 0.166 e. The molecule has 0 N–H and O–H groups in total. The van der Waals surface area contributed by atoms with Crippen molar-refractivity contribution in [2.45, 2.75) is 21.6 Å². The predicted octanol–water partition coefficient (Wildman–Crippen LogP) is 4.16. The second kappa shape index (κ2) is 6.06. The van der Waals surface area contributed by atoms with E-state index < -0.39 is 0 Å². The predicted molar refractivity (Wildman–Crippen MR) is 85.7 cm³/mol. The van der Waals surface area contributed by atoms with Gasteiger partial charge in [-0.3, -0.25) is 0 Å². The number of rotatable bonds is 3. The zero-order valence-electron chi connectivity index (χ0n) is 11.8. The maximum atomic E-state index is 12.3. The fraction of sp³-hybridized carbons (Fsp3) is 0.0526. The molecule has 0 fully saturated rings. The molecule has 0 amide bonds. The molecule has 0 saturated heterocycles. The Morgan fingerprint density at radius 1 is 0.667 bits per heavy atom. The van der Waals surface area contributed by atoms with Crippen LogP contribution in [0.25, 0.3) is 0 Å². The topological polar surface area (TPSA) is 23.1 Å². The summed E-state index contributed by atoms with van der Waals surface area (Å²) >= 11 is 0. The highest BCUT2D eigenvalue weighted by Crippen LogP contribution is 2.34. The third-order valence-corrected chi connectivity index (χ3v) is 5.57. The molecular formula is C19H16OS. The summed E-state index contributed by atoms with van der Waals surface area (Å²) in [4.78, 5) is 3.20. The van der Waals surface area contributed by atoms with Gasteiger partial charge >= 0.3 is 0 Å². The zero-order chi connectivity index (χ0) is 14.7. The lowest BCUT2D eigenvalue weighted by Crippen LogP contribution is -2.08. The van der Waals surface area contributed by atoms with Gasteiger partial charge in [0.15, 0.2) is 14.7 Å². The van der Waals surface area contributed by atoms with Gasteiger partial charge in [0.2, 0.25) is 0 Å². The lowest BCUT2D eigenvalue weighted by molar-refractivity contribution is -0.272. The van der Waals surface area contributed by atoms with Gasteiger partial charge < -0.3 is 5.11 Å². The minimum absolute atomic E-state index is 0.102. The van der Waals surface area contributed by atoms with Crippen LogP contribution in [0.15, 0.2) is 93.5 Å². The van der Waals surface area contributed by atoms with Crippen LogP contribution in [0.1, 0.15) is 5.56 Å². The van der Waals surface area contributed by atoms with Crippen LogP contribution in [0.5, 0.6) is 5.75 Å². The summed E-state index contributed by atoms with van der Waals surface area (Å²) in [5.41, 5.74) is 1.23. The van der Waals surface area contributed by atoms with E-state index in [0.717, 1.165) is 4.90 Å². The van der Waals surface area contributed by atoms with Gasteiger partial charge in [0.1, 0.15) is 0 Å². The van der Waals surface area contributed by atoms with E-state index in [1.807, 2.05) is 30.3 Å². The average Bonchev–Trinajstić information content (AvgIpc) is 2.52. The Morgan fingerprint density at radius 2 is 1.24 bits per heavy atom. The number of hydrogen-bond donors (Lipinski definition) is 0. The molecule has 3 aromatic carbocycles. The van der Waals surface area contributed by atoms with E-state index in [4.69, 9.17) is 0 Å². The Hall–Kier alpha value is -2.19. The van der Waals surface area contributed by atoms with E-state index in [2.05, 4.69) is 43.3 Å². The van der Waals surface area contributed by atoms with Gasteiger partial charge in [0.25, 0.3) is 0 Å². The lowest BCUT2D eigenvalue weighted by Gasteiger charge is -2.14. The van der Waals surface area contributed by atoms with Gasteiger partial charge in [-0.15, -0.1) is 0 Å². The molecule has 0 aliphatic rings. The minimum Gasteiger partial charge on any atom is -0.869 e. The molecule has 0 aliphatic carbocycles. The first-order valence-corrected chi connectivity index (χ1v) is 8.10. The zero-order valence-corrected chi connectivity index (χ0v) is 12.6. The molecule has 1 unspecified atom stereocenters. The van der Waals surface area contributed by atoms with E-state index >= 15 is 0 Å². The third-order valence-electron chi connectivity index (χ3n) is 3.30. The first kappa shape index (κ1) is 13.8. The molecule has 0 heterocycles. The van der Waals surface area contributed by atoms with Gasteiger partial charge in [-0.25, -0.2) is 0 Å². The number of para-hydroxylation sites is 1. The molecule has 0 saturated carbocycles. The fourth-order valence-electron chi connectivity index (χ4n) is 2.24. The van der Waals surface area contributed by atoms with Crippen molar-refractivity contribution in [3.63, 3.8) is 0 Å². The Balaban J connectivity index is 2.16. The lowest BCUT2D eigenvalue weighted by atomic mass is 10.2. The van der Waals surface area contributed by atoms with Crippen molar-refractivity contribution in [1.29, 1.82) is 0 Å². The maximum Gasteiger partial charge on any atom is 0.166 e. The first-order chi connectivity index (χ1) is 10.3. The number of benzene rings is 3. The normalized spacial score (nSPS) is 12.0. The first-order valence-electron chi connectivity index (χ1n) is 6.88. The van der Waals surface area contributed by atoms with Crippen molar-refractivity contribution in [3.05, 3.63) is 84.4 Å². The van der Waals surface area contributed by atoms with E-state index in [0.29, 0.717) is 0 Å². The monoisotopic (exact) mass is 292 g/mol. The van der Waals surface area contributed by atoms with Crippen LogP contribution >= 0.6 is 0 Å². The summed E-state index contributed by atoms with van der Waals surface area (Å²) in [6.07, 6.45) is 0. The molecule has 3 rings (SSSR count). The van der Waals surface area contributed by atoms with Crippen LogP contribution in [-0.4, -0.2) is 0 Å². The van der Waals surface area contributed by atoms with E-state index in [1.165, 1.54) is 15.4 Å². The van der Waals surface area contributed by atoms with Crippen molar-refractivity contribution in [3.8, 4) is 5.75 Å². The summed E-state index contributed by atoms with van der Waals surface area (Å²) in [5, 5.41) is 12.3.